The van der Waals surface area contributed by atoms with Gasteiger partial charge in [0.05, 0.1) is 33.0 Å². The van der Waals surface area contributed by atoms with E-state index in [0.29, 0.717) is 5.69 Å². The second-order valence-corrected chi connectivity index (χ2v) is 5.65. The van der Waals surface area contributed by atoms with Gasteiger partial charge in [-0.3, -0.25) is 0 Å². The van der Waals surface area contributed by atoms with Gasteiger partial charge in [0.1, 0.15) is 0 Å². The lowest BCUT2D eigenvalue weighted by Crippen LogP contribution is -2.07. The number of benzene rings is 1. The van der Waals surface area contributed by atoms with E-state index in [9.17, 15) is 13.2 Å². The molecule has 0 radical (unpaired) electrons. The number of nitrogens with zero attached hydrogens (tertiary/aromatic N) is 3. The van der Waals surface area contributed by atoms with E-state index >= 15 is 0 Å². The average Bonchev–Trinajstić information content (AvgIpc) is 2.77. The summed E-state index contributed by atoms with van der Waals surface area (Å²) in [6.07, 6.45) is -2.94. The third-order valence-corrected chi connectivity index (χ3v) is 3.24. The van der Waals surface area contributed by atoms with Crippen molar-refractivity contribution in [1.82, 2.24) is 15.0 Å². The number of rotatable bonds is 2. The van der Waals surface area contributed by atoms with Gasteiger partial charge in [0.15, 0.2) is 0 Å². The number of hydrogen-bond acceptors (Lipinski definition) is 2. The molecule has 1 unspecified atom stereocenters. The molecule has 2 rings (SSSR count). The van der Waals surface area contributed by atoms with Crippen LogP contribution >= 0.6 is 27.5 Å². The van der Waals surface area contributed by atoms with Gasteiger partial charge in [-0.05, 0) is 25.1 Å². The van der Waals surface area contributed by atoms with Crippen LogP contribution in [0.5, 0.6) is 0 Å². The lowest BCUT2D eigenvalue weighted by Gasteiger charge is -2.10. The minimum atomic E-state index is -4.50. The largest absolute Gasteiger partial charge is 0.417 e. The zero-order valence-electron chi connectivity index (χ0n) is 9.62. The molecule has 0 saturated heterocycles. The summed E-state index contributed by atoms with van der Waals surface area (Å²) in [4.78, 5) is -0.0318. The van der Waals surface area contributed by atoms with Crippen LogP contribution in [0, 0.1) is 0 Å². The molecule has 0 spiro atoms. The molecule has 102 valence electrons. The maximum absolute atomic E-state index is 12.7. The Bertz CT molecular complexity index is 595. The minimum absolute atomic E-state index is 0.0318. The first kappa shape index (κ1) is 14.3. The van der Waals surface area contributed by atoms with Gasteiger partial charge in [-0.1, -0.05) is 32.7 Å². The second kappa shape index (κ2) is 5.13. The van der Waals surface area contributed by atoms with E-state index in [4.69, 9.17) is 11.6 Å². The predicted molar refractivity (Wildman–Crippen MR) is 68.7 cm³/mol. The molecular weight excluding hydrogens is 346 g/mol. The summed E-state index contributed by atoms with van der Waals surface area (Å²) in [5.74, 6) is 0. The van der Waals surface area contributed by atoms with Crippen LogP contribution in [0.25, 0.3) is 5.69 Å². The summed E-state index contributed by atoms with van der Waals surface area (Å²) >= 11 is 8.86. The van der Waals surface area contributed by atoms with Crippen LogP contribution in [-0.4, -0.2) is 15.0 Å². The van der Waals surface area contributed by atoms with Crippen molar-refractivity contribution in [3.63, 3.8) is 0 Å². The number of hydrogen-bond donors (Lipinski definition) is 0. The summed E-state index contributed by atoms with van der Waals surface area (Å²) < 4.78 is 39.5. The lowest BCUT2D eigenvalue weighted by atomic mass is 10.2. The number of aromatic nitrogens is 3. The van der Waals surface area contributed by atoms with Gasteiger partial charge in [-0.2, -0.15) is 13.2 Å². The Morgan fingerprint density at radius 1 is 1.37 bits per heavy atom. The molecule has 0 bridgehead atoms. The topological polar surface area (TPSA) is 30.7 Å². The van der Waals surface area contributed by atoms with Gasteiger partial charge < -0.3 is 0 Å². The Hall–Kier alpha value is -1.08. The van der Waals surface area contributed by atoms with Crippen LogP contribution < -0.4 is 0 Å². The first-order valence-corrected chi connectivity index (χ1v) is 6.52. The quantitative estimate of drug-likeness (QED) is 0.749. The lowest BCUT2D eigenvalue weighted by molar-refractivity contribution is -0.137. The molecule has 2 aromatic rings. The van der Waals surface area contributed by atoms with Gasteiger partial charge >= 0.3 is 6.18 Å². The molecule has 0 saturated carbocycles. The number of alkyl halides is 4. The third-order valence-electron chi connectivity index (χ3n) is 2.44. The molecule has 1 aromatic carbocycles. The predicted octanol–water partition coefficient (Wildman–Crippen LogP) is 4.40. The van der Waals surface area contributed by atoms with Crippen molar-refractivity contribution in [1.29, 1.82) is 0 Å². The van der Waals surface area contributed by atoms with Crippen LogP contribution in [0.3, 0.4) is 0 Å². The van der Waals surface area contributed by atoms with Gasteiger partial charge in [-0.15, -0.1) is 5.10 Å². The number of halogens is 5. The van der Waals surface area contributed by atoms with Gasteiger partial charge in [0.2, 0.25) is 0 Å². The molecule has 1 aromatic heterocycles. The summed E-state index contributed by atoms with van der Waals surface area (Å²) in [7, 11) is 0. The summed E-state index contributed by atoms with van der Waals surface area (Å²) in [6.45, 7) is 1.84. The van der Waals surface area contributed by atoms with Crippen LogP contribution in [0.4, 0.5) is 13.2 Å². The van der Waals surface area contributed by atoms with Crippen LogP contribution in [0.1, 0.15) is 23.0 Å². The first-order valence-electron chi connectivity index (χ1n) is 5.22. The van der Waals surface area contributed by atoms with Crippen molar-refractivity contribution in [2.24, 2.45) is 0 Å². The van der Waals surface area contributed by atoms with Crippen LogP contribution in [0.15, 0.2) is 24.4 Å². The summed E-state index contributed by atoms with van der Waals surface area (Å²) in [5.41, 5.74) is -0.0114. The van der Waals surface area contributed by atoms with Crippen molar-refractivity contribution in [2.75, 3.05) is 0 Å². The zero-order chi connectivity index (χ0) is 14.2. The smallest absolute Gasteiger partial charge is 0.220 e. The fourth-order valence-corrected chi connectivity index (χ4v) is 1.89. The van der Waals surface area contributed by atoms with E-state index in [1.807, 2.05) is 6.92 Å². The van der Waals surface area contributed by atoms with E-state index in [1.165, 1.54) is 16.8 Å². The van der Waals surface area contributed by atoms with E-state index in [2.05, 4.69) is 26.2 Å². The van der Waals surface area contributed by atoms with Gasteiger partial charge in [0, 0.05) is 0 Å². The van der Waals surface area contributed by atoms with E-state index in [0.717, 1.165) is 6.07 Å². The molecule has 0 fully saturated rings. The maximum atomic E-state index is 12.7. The normalized spacial score (nSPS) is 13.6. The Morgan fingerprint density at radius 2 is 2.05 bits per heavy atom. The second-order valence-electron chi connectivity index (χ2n) is 3.87. The van der Waals surface area contributed by atoms with Crippen LogP contribution in [-0.2, 0) is 6.18 Å². The maximum Gasteiger partial charge on any atom is 0.417 e. The molecule has 8 heteroatoms. The highest BCUT2D eigenvalue weighted by atomic mass is 79.9. The monoisotopic (exact) mass is 353 g/mol. The third kappa shape index (κ3) is 3.09. The summed E-state index contributed by atoms with van der Waals surface area (Å²) in [5, 5.41) is 7.30. The zero-order valence-corrected chi connectivity index (χ0v) is 12.0. The van der Waals surface area contributed by atoms with Gasteiger partial charge in [0.25, 0.3) is 0 Å². The van der Waals surface area contributed by atoms with Crippen molar-refractivity contribution >= 4 is 27.5 Å². The SMILES string of the molecule is CC(Br)c1cn(-c2ccc(Cl)c(C(F)(F)F)c2)nn1. The molecule has 0 amide bonds. The highest BCUT2D eigenvalue weighted by Crippen LogP contribution is 2.35. The molecule has 3 nitrogen and oxygen atoms in total. The highest BCUT2D eigenvalue weighted by molar-refractivity contribution is 9.09. The Labute approximate surface area is 120 Å². The first-order chi connectivity index (χ1) is 8.79. The minimum Gasteiger partial charge on any atom is -0.220 e. The molecular formula is C11H8BrClF3N3. The Kier molecular flexibility index (Phi) is 3.87. The standard InChI is InChI=1S/C11H8BrClF3N3/c1-6(12)10-5-19(18-17-10)7-2-3-9(13)8(4-7)11(14,15)16/h2-6H,1H3. The molecule has 1 heterocycles. The molecule has 19 heavy (non-hydrogen) atoms. The Morgan fingerprint density at radius 3 is 2.58 bits per heavy atom. The van der Waals surface area contributed by atoms with Crippen molar-refractivity contribution in [3.8, 4) is 5.69 Å². The average molecular weight is 355 g/mol. The van der Waals surface area contributed by atoms with E-state index in [1.54, 1.807) is 6.20 Å². The highest BCUT2D eigenvalue weighted by Gasteiger charge is 2.33. The molecule has 0 aliphatic rings. The molecule has 0 aliphatic heterocycles. The van der Waals surface area contributed by atoms with E-state index < -0.39 is 11.7 Å². The summed E-state index contributed by atoms with van der Waals surface area (Å²) in [6, 6.07) is 3.59. The van der Waals surface area contributed by atoms with Crippen molar-refractivity contribution in [3.05, 3.63) is 40.7 Å². The van der Waals surface area contributed by atoms with Crippen LogP contribution in [0.2, 0.25) is 5.02 Å². The Balaban J connectivity index is 2.45. The molecule has 1 atom stereocenters. The fraction of sp³-hybridized carbons (Fsp3) is 0.273. The molecule has 0 aliphatic carbocycles. The van der Waals surface area contributed by atoms with Gasteiger partial charge in [-0.25, -0.2) is 4.68 Å². The van der Waals surface area contributed by atoms with Crippen molar-refractivity contribution < 1.29 is 13.2 Å². The molecule has 0 N–H and O–H groups in total. The van der Waals surface area contributed by atoms with Crippen molar-refractivity contribution in [2.45, 2.75) is 17.9 Å². The fourth-order valence-electron chi connectivity index (χ4n) is 1.46. The van der Waals surface area contributed by atoms with E-state index in [-0.39, 0.29) is 15.5 Å².